The van der Waals surface area contributed by atoms with E-state index in [-0.39, 0.29) is 5.60 Å². The highest BCUT2D eigenvalue weighted by Crippen LogP contribution is 2.33. The average molecular weight is 158 g/mol. The van der Waals surface area contributed by atoms with Crippen molar-refractivity contribution in [3.05, 3.63) is 0 Å². The molecule has 11 heavy (non-hydrogen) atoms. The Morgan fingerprint density at radius 1 is 1.18 bits per heavy atom. The minimum absolute atomic E-state index is 0.0405. The molecule has 1 heterocycles. The number of hydrogen-bond acceptors (Lipinski definition) is 2. The molecule has 2 nitrogen and oxygen atoms in total. The van der Waals surface area contributed by atoms with Gasteiger partial charge in [-0.05, 0) is 34.6 Å². The first-order valence-electron chi connectivity index (χ1n) is 4.19. The third-order valence-corrected chi connectivity index (χ3v) is 1.79. The summed E-state index contributed by atoms with van der Waals surface area (Å²) >= 11 is 0. The van der Waals surface area contributed by atoms with E-state index in [9.17, 15) is 0 Å². The molecule has 0 aliphatic carbocycles. The molecule has 0 radical (unpaired) electrons. The fourth-order valence-electron chi connectivity index (χ4n) is 1.95. The first-order valence-corrected chi connectivity index (χ1v) is 4.19. The summed E-state index contributed by atoms with van der Waals surface area (Å²) in [5.41, 5.74) is -0.0405. The minimum Gasteiger partial charge on any atom is -0.347 e. The number of hydrogen-bond donors (Lipinski definition) is 0. The molecule has 1 aliphatic heterocycles. The summed E-state index contributed by atoms with van der Waals surface area (Å²) in [7, 11) is 0. The van der Waals surface area contributed by atoms with Crippen molar-refractivity contribution in [1.82, 2.24) is 0 Å². The molecule has 1 fully saturated rings. The molecular formula is C9H18O2. The van der Waals surface area contributed by atoms with Crippen LogP contribution >= 0.6 is 0 Å². The van der Waals surface area contributed by atoms with Crippen molar-refractivity contribution in [2.24, 2.45) is 0 Å². The molecule has 2 heteroatoms. The normalized spacial score (nSPS) is 35.2. The lowest BCUT2D eigenvalue weighted by Crippen LogP contribution is -2.48. The largest absolute Gasteiger partial charge is 0.347 e. The van der Waals surface area contributed by atoms with E-state index in [4.69, 9.17) is 9.47 Å². The Bertz CT molecular complexity index is 134. The first kappa shape index (κ1) is 9.01. The predicted octanol–water partition coefficient (Wildman–Crippen LogP) is 2.33. The van der Waals surface area contributed by atoms with E-state index >= 15 is 0 Å². The Morgan fingerprint density at radius 2 is 1.73 bits per heavy atom. The summed E-state index contributed by atoms with van der Waals surface area (Å²) in [4.78, 5) is 0. The predicted molar refractivity (Wildman–Crippen MR) is 44.4 cm³/mol. The van der Waals surface area contributed by atoms with E-state index in [2.05, 4.69) is 20.8 Å². The number of ether oxygens (including phenoxy) is 2. The first-order chi connectivity index (χ1) is 4.81. The molecule has 0 aromatic heterocycles. The zero-order valence-corrected chi connectivity index (χ0v) is 8.10. The van der Waals surface area contributed by atoms with E-state index in [0.29, 0.717) is 6.10 Å². The van der Waals surface area contributed by atoms with E-state index in [1.807, 2.05) is 13.8 Å². The lowest BCUT2D eigenvalue weighted by Gasteiger charge is -2.44. The van der Waals surface area contributed by atoms with E-state index in [0.717, 1.165) is 6.42 Å². The van der Waals surface area contributed by atoms with Gasteiger partial charge in [-0.2, -0.15) is 0 Å². The Balaban J connectivity index is 2.66. The fraction of sp³-hybridized carbons (Fsp3) is 1.00. The zero-order chi connectivity index (χ0) is 8.70. The van der Waals surface area contributed by atoms with Crippen molar-refractivity contribution in [2.45, 2.75) is 58.5 Å². The fourth-order valence-corrected chi connectivity index (χ4v) is 1.95. The lowest BCUT2D eigenvalue weighted by atomic mass is 9.99. The number of rotatable bonds is 0. The second-order valence-electron chi connectivity index (χ2n) is 4.39. The summed E-state index contributed by atoms with van der Waals surface area (Å²) in [6.45, 7) is 10.2. The van der Waals surface area contributed by atoms with E-state index in [1.165, 1.54) is 0 Å². The van der Waals surface area contributed by atoms with Gasteiger partial charge in [0.1, 0.15) is 0 Å². The van der Waals surface area contributed by atoms with Crippen LogP contribution in [0.2, 0.25) is 0 Å². The van der Waals surface area contributed by atoms with Gasteiger partial charge in [0.05, 0.1) is 11.7 Å². The third-order valence-electron chi connectivity index (χ3n) is 1.79. The maximum atomic E-state index is 5.71. The summed E-state index contributed by atoms with van der Waals surface area (Å²) in [5, 5.41) is 0. The smallest absolute Gasteiger partial charge is 0.163 e. The van der Waals surface area contributed by atoms with Crippen LogP contribution in [0.5, 0.6) is 0 Å². The Kier molecular flexibility index (Phi) is 2.01. The summed E-state index contributed by atoms with van der Waals surface area (Å²) < 4.78 is 11.3. The molecule has 66 valence electrons. The van der Waals surface area contributed by atoms with Crippen LogP contribution in [0.4, 0.5) is 0 Å². The van der Waals surface area contributed by atoms with Crippen LogP contribution in [0, 0.1) is 0 Å². The van der Waals surface area contributed by atoms with Crippen LogP contribution in [0.25, 0.3) is 0 Å². The van der Waals surface area contributed by atoms with Crippen molar-refractivity contribution < 1.29 is 9.47 Å². The van der Waals surface area contributed by atoms with Crippen LogP contribution in [0.15, 0.2) is 0 Å². The van der Waals surface area contributed by atoms with Gasteiger partial charge < -0.3 is 9.47 Å². The standard InChI is InChI=1S/C9H18O2/c1-7-6-8(2,3)11-9(4,5)10-7/h7H,6H2,1-5H3/t7-/m1/s1. The second-order valence-corrected chi connectivity index (χ2v) is 4.39. The van der Waals surface area contributed by atoms with Crippen LogP contribution in [-0.2, 0) is 9.47 Å². The highest BCUT2D eigenvalue weighted by Gasteiger charge is 2.37. The Hall–Kier alpha value is -0.0800. The van der Waals surface area contributed by atoms with Crippen LogP contribution in [0.3, 0.4) is 0 Å². The molecule has 0 unspecified atom stereocenters. The quantitative estimate of drug-likeness (QED) is 0.538. The van der Waals surface area contributed by atoms with Gasteiger partial charge in [0.2, 0.25) is 0 Å². The molecular weight excluding hydrogens is 140 g/mol. The maximum Gasteiger partial charge on any atom is 0.163 e. The Labute approximate surface area is 68.9 Å². The van der Waals surface area contributed by atoms with Crippen LogP contribution < -0.4 is 0 Å². The van der Waals surface area contributed by atoms with Gasteiger partial charge >= 0.3 is 0 Å². The molecule has 1 atom stereocenters. The third kappa shape index (κ3) is 2.46. The van der Waals surface area contributed by atoms with Gasteiger partial charge in [-0.3, -0.25) is 0 Å². The SMILES string of the molecule is C[C@@H]1CC(C)(C)OC(C)(C)O1. The van der Waals surface area contributed by atoms with Crippen molar-refractivity contribution >= 4 is 0 Å². The monoisotopic (exact) mass is 158 g/mol. The van der Waals surface area contributed by atoms with Gasteiger partial charge in [0, 0.05) is 6.42 Å². The highest BCUT2D eigenvalue weighted by atomic mass is 16.7. The molecule has 0 spiro atoms. The molecule has 0 aromatic carbocycles. The van der Waals surface area contributed by atoms with Gasteiger partial charge in [0.25, 0.3) is 0 Å². The van der Waals surface area contributed by atoms with Crippen molar-refractivity contribution in [3.8, 4) is 0 Å². The topological polar surface area (TPSA) is 18.5 Å². The van der Waals surface area contributed by atoms with Crippen LogP contribution in [-0.4, -0.2) is 17.5 Å². The maximum absolute atomic E-state index is 5.71. The van der Waals surface area contributed by atoms with Crippen molar-refractivity contribution in [3.63, 3.8) is 0 Å². The molecule has 1 rings (SSSR count). The highest BCUT2D eigenvalue weighted by molar-refractivity contribution is 4.80. The molecule has 0 bridgehead atoms. The molecule has 0 N–H and O–H groups in total. The van der Waals surface area contributed by atoms with Crippen LogP contribution in [0.1, 0.15) is 41.0 Å². The average Bonchev–Trinajstić information content (AvgIpc) is 1.49. The molecule has 1 aliphatic rings. The van der Waals surface area contributed by atoms with Gasteiger partial charge in [0.15, 0.2) is 5.79 Å². The molecule has 0 saturated carbocycles. The Morgan fingerprint density at radius 3 is 2.09 bits per heavy atom. The van der Waals surface area contributed by atoms with Crippen molar-refractivity contribution in [2.75, 3.05) is 0 Å². The molecule has 0 aromatic rings. The van der Waals surface area contributed by atoms with E-state index < -0.39 is 5.79 Å². The van der Waals surface area contributed by atoms with Gasteiger partial charge in [-0.1, -0.05) is 0 Å². The van der Waals surface area contributed by atoms with Crippen molar-refractivity contribution in [1.29, 1.82) is 0 Å². The summed E-state index contributed by atoms with van der Waals surface area (Å²) in [5.74, 6) is -0.416. The lowest BCUT2D eigenvalue weighted by molar-refractivity contribution is -0.321. The summed E-state index contributed by atoms with van der Waals surface area (Å²) in [6.07, 6.45) is 1.27. The van der Waals surface area contributed by atoms with E-state index in [1.54, 1.807) is 0 Å². The minimum atomic E-state index is -0.416. The molecule has 0 amide bonds. The second kappa shape index (κ2) is 2.46. The summed E-state index contributed by atoms with van der Waals surface area (Å²) in [6, 6.07) is 0. The van der Waals surface area contributed by atoms with Gasteiger partial charge in [-0.25, -0.2) is 0 Å². The molecule has 1 saturated heterocycles. The zero-order valence-electron chi connectivity index (χ0n) is 8.10. The van der Waals surface area contributed by atoms with Gasteiger partial charge in [-0.15, -0.1) is 0 Å².